The molecule has 0 amide bonds. The number of aromatic nitrogens is 3. The lowest BCUT2D eigenvalue weighted by atomic mass is 9.93. The predicted molar refractivity (Wildman–Crippen MR) is 170 cm³/mol. The van der Waals surface area contributed by atoms with Crippen LogP contribution in [0.4, 0.5) is 14.6 Å². The van der Waals surface area contributed by atoms with E-state index in [1.165, 1.54) is 6.07 Å². The Morgan fingerprint density at radius 2 is 2.09 bits per heavy atom. The van der Waals surface area contributed by atoms with Crippen LogP contribution in [0, 0.1) is 25.1 Å². The van der Waals surface area contributed by atoms with E-state index in [0.29, 0.717) is 59.2 Å². The van der Waals surface area contributed by atoms with Crippen molar-refractivity contribution in [3.05, 3.63) is 41.2 Å². The lowest BCUT2D eigenvalue weighted by molar-refractivity contribution is 0.107. The molecule has 0 spiro atoms. The van der Waals surface area contributed by atoms with Gasteiger partial charge in [0, 0.05) is 48.1 Å². The van der Waals surface area contributed by atoms with E-state index in [1.807, 2.05) is 19.1 Å². The average molecular weight is 625 g/mol. The number of aromatic hydroxyl groups is 1. The molecule has 2 aromatic heterocycles. The van der Waals surface area contributed by atoms with Gasteiger partial charge in [-0.15, -0.1) is 6.42 Å². The molecule has 0 unspecified atom stereocenters. The molecule has 2 bridgehead atoms. The summed E-state index contributed by atoms with van der Waals surface area (Å²) in [5.74, 6) is 2.78. The van der Waals surface area contributed by atoms with Gasteiger partial charge in [-0.1, -0.05) is 18.1 Å². The van der Waals surface area contributed by atoms with Crippen molar-refractivity contribution in [3.63, 3.8) is 0 Å². The SMILES string of the molecule is C#Cc1c(C)ccc2cc(O)cc(-c3nc4c5c(nc(OC[C@@]67CCCN6C[C@H](F)C7)nc5c3F)N3C[C@H]5CC[C@H](N5)[C@H]3CO4)c12. The van der Waals surface area contributed by atoms with Crippen LogP contribution in [0.25, 0.3) is 32.9 Å². The van der Waals surface area contributed by atoms with Gasteiger partial charge < -0.3 is 24.8 Å². The molecule has 5 aliphatic rings. The summed E-state index contributed by atoms with van der Waals surface area (Å²) in [4.78, 5) is 18.7. The summed E-state index contributed by atoms with van der Waals surface area (Å²) < 4.78 is 44.4. The van der Waals surface area contributed by atoms with E-state index in [2.05, 4.69) is 26.0 Å². The number of aryl methyl sites for hydroxylation is 1. The average Bonchev–Trinajstić information content (AvgIpc) is 3.68. The van der Waals surface area contributed by atoms with Gasteiger partial charge in [0.25, 0.3) is 0 Å². The van der Waals surface area contributed by atoms with Crippen LogP contribution in [-0.2, 0) is 0 Å². The van der Waals surface area contributed by atoms with Crippen LogP contribution in [0.15, 0.2) is 24.3 Å². The molecular formula is C35H34F2N6O3. The highest BCUT2D eigenvalue weighted by atomic mass is 19.1. The van der Waals surface area contributed by atoms with Crippen molar-refractivity contribution in [2.24, 2.45) is 0 Å². The normalized spacial score (nSPS) is 28.2. The molecule has 236 valence electrons. The molecule has 0 saturated carbocycles. The molecule has 5 aliphatic heterocycles. The van der Waals surface area contributed by atoms with E-state index in [9.17, 15) is 9.50 Å². The third-order valence-electron chi connectivity index (χ3n) is 10.9. The number of piperazine rings is 1. The minimum Gasteiger partial charge on any atom is -0.508 e. The lowest BCUT2D eigenvalue weighted by Crippen LogP contribution is -2.60. The first-order valence-corrected chi connectivity index (χ1v) is 16.1. The number of benzene rings is 2. The maximum absolute atomic E-state index is 17.1. The van der Waals surface area contributed by atoms with Gasteiger partial charge in [0.15, 0.2) is 5.82 Å². The predicted octanol–water partition coefficient (Wildman–Crippen LogP) is 4.64. The molecule has 4 saturated heterocycles. The van der Waals surface area contributed by atoms with Crippen LogP contribution in [0.3, 0.4) is 0 Å². The number of phenols is 1. The summed E-state index contributed by atoms with van der Waals surface area (Å²) in [6.07, 6.45) is 9.31. The first-order valence-electron chi connectivity index (χ1n) is 16.1. The number of rotatable bonds is 4. The summed E-state index contributed by atoms with van der Waals surface area (Å²) in [6, 6.07) is 7.28. The number of phenolic OH excluding ortho intramolecular Hbond substituents is 1. The minimum atomic E-state index is -0.900. The fourth-order valence-electron chi connectivity index (χ4n) is 8.74. The second-order valence-corrected chi connectivity index (χ2v) is 13.6. The highest BCUT2D eigenvalue weighted by Crippen LogP contribution is 2.45. The minimum absolute atomic E-state index is 0.0218. The van der Waals surface area contributed by atoms with Crippen molar-refractivity contribution in [1.82, 2.24) is 25.2 Å². The summed E-state index contributed by atoms with van der Waals surface area (Å²) in [6.45, 7) is 4.37. The first kappa shape index (κ1) is 28.0. The van der Waals surface area contributed by atoms with Gasteiger partial charge in [0.05, 0.1) is 11.6 Å². The van der Waals surface area contributed by atoms with Crippen molar-refractivity contribution in [2.75, 3.05) is 37.7 Å². The third kappa shape index (κ3) is 4.09. The van der Waals surface area contributed by atoms with E-state index in [4.69, 9.17) is 25.9 Å². The van der Waals surface area contributed by atoms with Gasteiger partial charge in [-0.3, -0.25) is 4.90 Å². The Hall–Kier alpha value is -4.27. The van der Waals surface area contributed by atoms with E-state index < -0.39 is 17.5 Å². The van der Waals surface area contributed by atoms with Gasteiger partial charge in [0.1, 0.15) is 47.5 Å². The molecule has 4 aromatic rings. The zero-order chi connectivity index (χ0) is 31.3. The molecule has 9 rings (SSSR count). The van der Waals surface area contributed by atoms with Crippen molar-refractivity contribution in [2.45, 2.75) is 68.9 Å². The Morgan fingerprint density at radius 1 is 1.20 bits per heavy atom. The van der Waals surface area contributed by atoms with E-state index in [0.717, 1.165) is 37.8 Å². The molecule has 2 N–H and O–H groups in total. The van der Waals surface area contributed by atoms with Crippen LogP contribution in [0.2, 0.25) is 0 Å². The topological polar surface area (TPSA) is 95.9 Å². The number of nitrogens with zero attached hydrogens (tertiary/aromatic N) is 5. The summed E-state index contributed by atoms with van der Waals surface area (Å²) in [5.41, 5.74) is 1.36. The number of fused-ring (bicyclic) bond motifs is 7. The van der Waals surface area contributed by atoms with Crippen LogP contribution >= 0.6 is 0 Å². The number of pyridine rings is 1. The Labute approximate surface area is 264 Å². The molecule has 11 heteroatoms. The Bertz CT molecular complexity index is 1980. The Balaban J connectivity index is 1.25. The number of anilines is 1. The molecule has 9 nitrogen and oxygen atoms in total. The number of alkyl halides is 1. The van der Waals surface area contributed by atoms with Crippen LogP contribution in [-0.4, -0.2) is 87.6 Å². The molecule has 5 atom stereocenters. The zero-order valence-electron chi connectivity index (χ0n) is 25.5. The smallest absolute Gasteiger partial charge is 0.319 e. The Kier molecular flexibility index (Phi) is 6.15. The largest absolute Gasteiger partial charge is 0.508 e. The molecule has 46 heavy (non-hydrogen) atoms. The number of hydrogen-bond donors (Lipinski definition) is 2. The maximum atomic E-state index is 17.1. The molecule has 0 radical (unpaired) electrons. The zero-order valence-corrected chi connectivity index (χ0v) is 25.5. The van der Waals surface area contributed by atoms with Crippen LogP contribution < -0.4 is 19.7 Å². The number of ether oxygens (including phenoxy) is 2. The number of terminal acetylenes is 1. The van der Waals surface area contributed by atoms with Crippen molar-refractivity contribution < 1.29 is 23.4 Å². The van der Waals surface area contributed by atoms with Gasteiger partial charge in [-0.2, -0.15) is 9.97 Å². The quantitative estimate of drug-likeness (QED) is 0.315. The van der Waals surface area contributed by atoms with Crippen LogP contribution in [0.5, 0.6) is 17.6 Å². The highest BCUT2D eigenvalue weighted by molar-refractivity contribution is 6.04. The Morgan fingerprint density at radius 3 is 2.96 bits per heavy atom. The summed E-state index contributed by atoms with van der Waals surface area (Å²) in [5, 5.41) is 16.1. The highest BCUT2D eigenvalue weighted by Gasteiger charge is 2.50. The van der Waals surface area contributed by atoms with E-state index in [1.54, 1.807) is 6.07 Å². The second-order valence-electron chi connectivity index (χ2n) is 13.6. The molecule has 7 heterocycles. The van der Waals surface area contributed by atoms with Crippen LogP contribution in [0.1, 0.15) is 43.2 Å². The van der Waals surface area contributed by atoms with Gasteiger partial charge in [-0.05, 0) is 62.2 Å². The molecule has 4 fully saturated rings. The molecule has 0 aliphatic carbocycles. The maximum Gasteiger partial charge on any atom is 0.319 e. The van der Waals surface area contributed by atoms with Gasteiger partial charge in [0.2, 0.25) is 5.88 Å². The monoisotopic (exact) mass is 624 g/mol. The molecule has 2 aromatic carbocycles. The third-order valence-corrected chi connectivity index (χ3v) is 10.9. The van der Waals surface area contributed by atoms with E-state index >= 15 is 4.39 Å². The standard InChI is InChI=1S/C35H34F2N6O3/c1-3-23-18(2)5-6-19-11-22(44)12-24(27(19)23)30-29(37)31-28-32(43-15-21-7-8-25(38-21)26(43)16-45-33(28)39-30)41-34(40-31)46-17-35-9-4-10-42(35)14-20(36)13-35/h1,5-6,11-12,20-21,25-26,38,44H,4,7-10,13-17H2,2H3/t20-,21-,25+,26-,35+/m1/s1. The summed E-state index contributed by atoms with van der Waals surface area (Å²) in [7, 11) is 0. The second kappa shape index (κ2) is 10.1. The molecular weight excluding hydrogens is 590 g/mol. The van der Waals surface area contributed by atoms with Crippen molar-refractivity contribution in [3.8, 4) is 41.2 Å². The number of hydrogen-bond acceptors (Lipinski definition) is 9. The van der Waals surface area contributed by atoms with Crippen molar-refractivity contribution in [1.29, 1.82) is 0 Å². The number of nitrogens with one attached hydrogen (secondary N) is 1. The first-order chi connectivity index (χ1) is 22.3. The van der Waals surface area contributed by atoms with E-state index in [-0.39, 0.29) is 53.6 Å². The van der Waals surface area contributed by atoms with Gasteiger partial charge >= 0.3 is 6.01 Å². The lowest BCUT2D eigenvalue weighted by Gasteiger charge is -2.40. The van der Waals surface area contributed by atoms with Crippen molar-refractivity contribution >= 4 is 27.5 Å². The number of halogens is 2. The van der Waals surface area contributed by atoms with Gasteiger partial charge in [-0.25, -0.2) is 13.8 Å². The fourth-order valence-corrected chi connectivity index (χ4v) is 8.74. The summed E-state index contributed by atoms with van der Waals surface area (Å²) >= 11 is 0. The fraction of sp³-hybridized carbons (Fsp3) is 0.457.